The van der Waals surface area contributed by atoms with Crippen molar-refractivity contribution in [1.82, 2.24) is 20.0 Å². The van der Waals surface area contributed by atoms with E-state index in [1.54, 1.807) is 0 Å². The second kappa shape index (κ2) is 8.51. The summed E-state index contributed by atoms with van der Waals surface area (Å²) in [5.74, 6) is 0. The fraction of sp³-hybridized carbons (Fsp3) is 0.348. The van der Waals surface area contributed by atoms with Crippen LogP contribution in [0.3, 0.4) is 0 Å². The van der Waals surface area contributed by atoms with Gasteiger partial charge in [0.05, 0.1) is 11.7 Å². The van der Waals surface area contributed by atoms with Crippen LogP contribution < -0.4 is 0 Å². The van der Waals surface area contributed by atoms with Crippen LogP contribution in [0.25, 0.3) is 0 Å². The summed E-state index contributed by atoms with van der Waals surface area (Å²) in [7, 11) is 0. The number of aryl methyl sites for hydroxylation is 1. The Morgan fingerprint density at radius 3 is 2.37 bits per heavy atom. The van der Waals surface area contributed by atoms with Crippen molar-refractivity contribution in [2.75, 3.05) is 32.7 Å². The van der Waals surface area contributed by atoms with E-state index < -0.39 is 0 Å². The van der Waals surface area contributed by atoms with Gasteiger partial charge < -0.3 is 4.90 Å². The molecule has 0 radical (unpaired) electrons. The number of rotatable bonds is 6. The minimum Gasteiger partial charge on any atom is -0.300 e. The minimum absolute atomic E-state index is 0.255. The highest BCUT2D eigenvalue weighted by Crippen LogP contribution is 2.30. The number of H-pyrrole nitrogens is 1. The lowest BCUT2D eigenvalue weighted by Crippen LogP contribution is -2.48. The Morgan fingerprint density at radius 1 is 0.926 bits per heavy atom. The first kappa shape index (κ1) is 18.0. The van der Waals surface area contributed by atoms with Crippen LogP contribution in [0.2, 0.25) is 0 Å². The molecule has 1 saturated heterocycles. The first-order valence-corrected chi connectivity index (χ1v) is 9.86. The number of hydrogen-bond donors (Lipinski definition) is 1. The summed E-state index contributed by atoms with van der Waals surface area (Å²) >= 11 is 0. The lowest BCUT2D eigenvalue weighted by molar-refractivity contribution is 0.108. The molecule has 1 unspecified atom stereocenters. The molecule has 3 aromatic rings. The van der Waals surface area contributed by atoms with Crippen molar-refractivity contribution in [2.24, 2.45) is 0 Å². The van der Waals surface area contributed by atoms with Crippen molar-refractivity contribution in [3.8, 4) is 0 Å². The van der Waals surface area contributed by atoms with E-state index in [1.807, 2.05) is 6.20 Å². The van der Waals surface area contributed by atoms with Gasteiger partial charge in [-0.05, 0) is 36.1 Å². The molecule has 1 fully saturated rings. The van der Waals surface area contributed by atoms with Crippen molar-refractivity contribution in [3.05, 3.63) is 89.2 Å². The van der Waals surface area contributed by atoms with Gasteiger partial charge in [-0.1, -0.05) is 54.6 Å². The fourth-order valence-corrected chi connectivity index (χ4v) is 4.05. The molecule has 1 aromatic heterocycles. The number of aromatic nitrogens is 2. The Bertz CT molecular complexity index is 821. The molecule has 1 N–H and O–H groups in total. The zero-order valence-corrected chi connectivity index (χ0v) is 16.0. The summed E-state index contributed by atoms with van der Waals surface area (Å²) in [4.78, 5) is 5.18. The summed E-state index contributed by atoms with van der Waals surface area (Å²) in [6.45, 7) is 7.72. The summed E-state index contributed by atoms with van der Waals surface area (Å²) in [6, 6.07) is 21.9. The molecular formula is C23H28N4. The topological polar surface area (TPSA) is 35.2 Å². The van der Waals surface area contributed by atoms with E-state index in [9.17, 15) is 0 Å². The Morgan fingerprint density at radius 2 is 1.67 bits per heavy atom. The van der Waals surface area contributed by atoms with Gasteiger partial charge in [0.15, 0.2) is 0 Å². The van der Waals surface area contributed by atoms with Gasteiger partial charge in [0.1, 0.15) is 0 Å². The van der Waals surface area contributed by atoms with Crippen LogP contribution in [0.1, 0.15) is 28.4 Å². The average Bonchev–Trinajstić information content (AvgIpc) is 3.24. The van der Waals surface area contributed by atoms with E-state index in [2.05, 4.69) is 87.6 Å². The van der Waals surface area contributed by atoms with Gasteiger partial charge in [0.25, 0.3) is 0 Å². The van der Waals surface area contributed by atoms with E-state index in [0.29, 0.717) is 0 Å². The van der Waals surface area contributed by atoms with Crippen molar-refractivity contribution >= 4 is 0 Å². The maximum absolute atomic E-state index is 4.21. The quantitative estimate of drug-likeness (QED) is 0.728. The van der Waals surface area contributed by atoms with Crippen molar-refractivity contribution in [2.45, 2.75) is 19.4 Å². The second-order valence-electron chi connectivity index (χ2n) is 7.38. The van der Waals surface area contributed by atoms with Gasteiger partial charge in [-0.15, -0.1) is 0 Å². The largest absolute Gasteiger partial charge is 0.300 e. The summed E-state index contributed by atoms with van der Waals surface area (Å²) in [5.41, 5.74) is 5.32. The lowest BCUT2D eigenvalue weighted by atomic mass is 9.96. The van der Waals surface area contributed by atoms with Gasteiger partial charge in [0, 0.05) is 38.9 Å². The first-order chi connectivity index (χ1) is 13.3. The van der Waals surface area contributed by atoms with Gasteiger partial charge in [-0.2, -0.15) is 5.10 Å². The number of aromatic amines is 1. The normalized spacial score (nSPS) is 17.1. The Hall–Kier alpha value is -2.43. The van der Waals surface area contributed by atoms with Crippen LogP contribution in [-0.4, -0.2) is 52.7 Å². The summed E-state index contributed by atoms with van der Waals surface area (Å²) in [6.07, 6.45) is 2.99. The standard InChI is InChI=1S/C23H28N4/c1-19-7-5-6-10-21(19)23(22-11-13-24-25-22)27-17-15-26(16-18-27)14-12-20-8-3-2-4-9-20/h2-11,13,23H,12,14-18H2,1H3,(H,24,25). The molecule has 4 nitrogen and oxygen atoms in total. The van der Waals surface area contributed by atoms with Crippen molar-refractivity contribution in [1.29, 1.82) is 0 Å². The van der Waals surface area contributed by atoms with Gasteiger partial charge in [-0.25, -0.2) is 0 Å². The maximum atomic E-state index is 4.21. The molecule has 0 spiro atoms. The molecule has 0 bridgehead atoms. The Balaban J connectivity index is 1.42. The highest BCUT2D eigenvalue weighted by molar-refractivity contribution is 5.34. The van der Waals surface area contributed by atoms with E-state index in [1.165, 1.54) is 22.4 Å². The van der Waals surface area contributed by atoms with E-state index in [4.69, 9.17) is 0 Å². The number of nitrogens with zero attached hydrogens (tertiary/aromatic N) is 3. The molecule has 4 rings (SSSR count). The molecule has 140 valence electrons. The van der Waals surface area contributed by atoms with Gasteiger partial charge >= 0.3 is 0 Å². The van der Waals surface area contributed by atoms with Crippen LogP contribution in [0.5, 0.6) is 0 Å². The molecule has 1 aliphatic rings. The predicted molar refractivity (Wildman–Crippen MR) is 110 cm³/mol. The van der Waals surface area contributed by atoms with Crippen molar-refractivity contribution < 1.29 is 0 Å². The maximum Gasteiger partial charge on any atom is 0.0774 e. The lowest BCUT2D eigenvalue weighted by Gasteiger charge is -2.39. The second-order valence-corrected chi connectivity index (χ2v) is 7.38. The zero-order valence-electron chi connectivity index (χ0n) is 16.0. The van der Waals surface area contributed by atoms with Crippen LogP contribution in [0.4, 0.5) is 0 Å². The molecule has 4 heteroatoms. The van der Waals surface area contributed by atoms with E-state index >= 15 is 0 Å². The number of piperazine rings is 1. The molecular weight excluding hydrogens is 332 g/mol. The van der Waals surface area contributed by atoms with Crippen LogP contribution in [0, 0.1) is 6.92 Å². The third-order valence-electron chi connectivity index (χ3n) is 5.63. The van der Waals surface area contributed by atoms with E-state index in [0.717, 1.165) is 39.1 Å². The average molecular weight is 361 g/mol. The van der Waals surface area contributed by atoms with Crippen LogP contribution in [0.15, 0.2) is 66.9 Å². The van der Waals surface area contributed by atoms with Gasteiger partial charge in [0.2, 0.25) is 0 Å². The summed E-state index contributed by atoms with van der Waals surface area (Å²) in [5, 5.41) is 7.42. The predicted octanol–water partition coefficient (Wildman–Crippen LogP) is 3.67. The van der Waals surface area contributed by atoms with E-state index in [-0.39, 0.29) is 6.04 Å². The Kier molecular flexibility index (Phi) is 5.66. The monoisotopic (exact) mass is 360 g/mol. The highest BCUT2D eigenvalue weighted by atomic mass is 15.3. The third kappa shape index (κ3) is 4.29. The van der Waals surface area contributed by atoms with Gasteiger partial charge in [-0.3, -0.25) is 10.00 Å². The molecule has 2 heterocycles. The number of benzene rings is 2. The van der Waals surface area contributed by atoms with Crippen molar-refractivity contribution in [3.63, 3.8) is 0 Å². The zero-order chi connectivity index (χ0) is 18.5. The summed E-state index contributed by atoms with van der Waals surface area (Å²) < 4.78 is 0. The first-order valence-electron chi connectivity index (χ1n) is 9.86. The third-order valence-corrected chi connectivity index (χ3v) is 5.63. The molecule has 0 aliphatic carbocycles. The van der Waals surface area contributed by atoms with Crippen LogP contribution >= 0.6 is 0 Å². The smallest absolute Gasteiger partial charge is 0.0774 e. The number of nitrogens with one attached hydrogen (secondary N) is 1. The highest BCUT2D eigenvalue weighted by Gasteiger charge is 2.28. The minimum atomic E-state index is 0.255. The van der Waals surface area contributed by atoms with Crippen LogP contribution in [-0.2, 0) is 6.42 Å². The molecule has 1 atom stereocenters. The molecule has 0 saturated carbocycles. The molecule has 2 aromatic carbocycles. The fourth-order valence-electron chi connectivity index (χ4n) is 4.05. The number of hydrogen-bond acceptors (Lipinski definition) is 3. The SMILES string of the molecule is Cc1ccccc1C(c1ccn[nH]1)N1CCN(CCc2ccccc2)CC1. The molecule has 27 heavy (non-hydrogen) atoms. The molecule has 1 aliphatic heterocycles. The Labute approximate surface area is 161 Å². The molecule has 0 amide bonds.